The molecule has 0 bridgehead atoms. The molecule has 4 heteroatoms. The van der Waals surface area contributed by atoms with Crippen LogP contribution in [-0.4, -0.2) is 5.97 Å². The second kappa shape index (κ2) is 5.19. The van der Waals surface area contributed by atoms with Gasteiger partial charge in [0.15, 0.2) is 0 Å². The number of carbonyl (C=O) groups excluding carboxylic acids is 1. The molecule has 0 atom stereocenters. The first-order chi connectivity index (χ1) is 8.69. The lowest BCUT2D eigenvalue weighted by Gasteiger charge is -2.02. The maximum Gasteiger partial charge on any atom is 0.374 e. The van der Waals surface area contributed by atoms with E-state index in [0.29, 0.717) is 11.3 Å². The van der Waals surface area contributed by atoms with E-state index in [0.717, 1.165) is 5.56 Å². The molecule has 0 saturated heterocycles. The Morgan fingerprint density at radius 1 is 1.28 bits per heavy atom. The summed E-state index contributed by atoms with van der Waals surface area (Å²) in [5.74, 6) is 0.369. The van der Waals surface area contributed by atoms with E-state index >= 15 is 0 Å². The van der Waals surface area contributed by atoms with E-state index in [1.807, 2.05) is 6.07 Å². The molecule has 2 rings (SSSR count). The first-order valence-corrected chi connectivity index (χ1v) is 5.41. The summed E-state index contributed by atoms with van der Waals surface area (Å²) in [6.45, 7) is 1.92. The molecule has 4 nitrogen and oxygen atoms in total. The normalized spacial score (nSPS) is 9.78. The number of hydrogen-bond donors (Lipinski definition) is 0. The van der Waals surface area contributed by atoms with E-state index in [1.54, 1.807) is 43.3 Å². The molecule has 0 spiro atoms. The van der Waals surface area contributed by atoms with Gasteiger partial charge in [-0.15, -0.1) is 0 Å². The fourth-order valence-electron chi connectivity index (χ4n) is 1.44. The van der Waals surface area contributed by atoms with Gasteiger partial charge in [-0.05, 0) is 36.8 Å². The minimum absolute atomic E-state index is 0.157. The summed E-state index contributed by atoms with van der Waals surface area (Å²) in [4.78, 5) is 11.6. The third-order valence-corrected chi connectivity index (χ3v) is 2.39. The van der Waals surface area contributed by atoms with Crippen molar-refractivity contribution in [1.82, 2.24) is 0 Å². The Hall–Kier alpha value is -2.54. The van der Waals surface area contributed by atoms with E-state index in [9.17, 15) is 4.79 Å². The van der Waals surface area contributed by atoms with Crippen molar-refractivity contribution in [3.8, 4) is 6.07 Å². The highest BCUT2D eigenvalue weighted by molar-refractivity contribution is 5.86. The van der Waals surface area contributed by atoms with Crippen LogP contribution in [0.15, 0.2) is 40.8 Å². The quantitative estimate of drug-likeness (QED) is 0.775. The smallest absolute Gasteiger partial charge is 0.374 e. The standard InChI is InChI=1S/C14H11NO3/c1-10-2-7-13(18-10)14(16)17-9-12-5-3-11(8-15)4-6-12/h2-7H,9H2,1H3. The second-order valence-corrected chi connectivity index (χ2v) is 3.80. The van der Waals surface area contributed by atoms with Crippen molar-refractivity contribution in [3.63, 3.8) is 0 Å². The number of rotatable bonds is 3. The summed E-state index contributed by atoms with van der Waals surface area (Å²) in [6.07, 6.45) is 0. The Balaban J connectivity index is 1.95. The lowest BCUT2D eigenvalue weighted by molar-refractivity contribution is 0.0434. The van der Waals surface area contributed by atoms with E-state index < -0.39 is 5.97 Å². The third-order valence-electron chi connectivity index (χ3n) is 2.39. The number of furan rings is 1. The van der Waals surface area contributed by atoms with Crippen molar-refractivity contribution in [2.75, 3.05) is 0 Å². The molecule has 0 radical (unpaired) electrons. The number of hydrogen-bond acceptors (Lipinski definition) is 4. The number of aryl methyl sites for hydroxylation is 1. The summed E-state index contributed by atoms with van der Waals surface area (Å²) in [5.41, 5.74) is 1.40. The lowest BCUT2D eigenvalue weighted by atomic mass is 10.2. The van der Waals surface area contributed by atoms with Gasteiger partial charge in [0.25, 0.3) is 0 Å². The number of esters is 1. The minimum Gasteiger partial charge on any atom is -0.455 e. The molecule has 0 saturated carbocycles. The van der Waals surface area contributed by atoms with Crippen LogP contribution in [0.25, 0.3) is 0 Å². The van der Waals surface area contributed by atoms with Gasteiger partial charge in [0, 0.05) is 0 Å². The van der Waals surface area contributed by atoms with Gasteiger partial charge in [-0.1, -0.05) is 12.1 Å². The predicted molar refractivity (Wildman–Crippen MR) is 63.7 cm³/mol. The van der Waals surface area contributed by atoms with Crippen LogP contribution < -0.4 is 0 Å². The highest BCUT2D eigenvalue weighted by atomic mass is 16.5. The number of nitriles is 1. The molecule has 0 aliphatic carbocycles. The summed E-state index contributed by atoms with van der Waals surface area (Å²) < 4.78 is 10.2. The Morgan fingerprint density at radius 3 is 2.56 bits per heavy atom. The van der Waals surface area contributed by atoms with Crippen molar-refractivity contribution < 1.29 is 13.9 Å². The summed E-state index contributed by atoms with van der Waals surface area (Å²) >= 11 is 0. The molecule has 0 N–H and O–H groups in total. The Labute approximate surface area is 104 Å². The highest BCUT2D eigenvalue weighted by Gasteiger charge is 2.11. The lowest BCUT2D eigenvalue weighted by Crippen LogP contribution is -2.03. The average molecular weight is 241 g/mol. The molecule has 0 aliphatic rings. The van der Waals surface area contributed by atoms with Crippen molar-refractivity contribution in [2.45, 2.75) is 13.5 Å². The van der Waals surface area contributed by atoms with Crippen LogP contribution in [0.1, 0.15) is 27.4 Å². The zero-order valence-electron chi connectivity index (χ0n) is 9.84. The van der Waals surface area contributed by atoms with E-state index in [-0.39, 0.29) is 12.4 Å². The van der Waals surface area contributed by atoms with Gasteiger partial charge in [0.1, 0.15) is 12.4 Å². The van der Waals surface area contributed by atoms with E-state index in [2.05, 4.69) is 0 Å². The first-order valence-electron chi connectivity index (χ1n) is 5.41. The molecule has 1 heterocycles. The van der Waals surface area contributed by atoms with Crippen molar-refractivity contribution >= 4 is 5.97 Å². The molecule has 0 aliphatic heterocycles. The maximum atomic E-state index is 11.6. The Morgan fingerprint density at radius 2 is 2.00 bits per heavy atom. The largest absolute Gasteiger partial charge is 0.455 e. The van der Waals surface area contributed by atoms with Gasteiger partial charge in [0.05, 0.1) is 11.6 Å². The summed E-state index contributed by atoms with van der Waals surface area (Å²) in [6, 6.07) is 12.2. The zero-order valence-corrected chi connectivity index (χ0v) is 9.84. The van der Waals surface area contributed by atoms with Crippen molar-refractivity contribution in [1.29, 1.82) is 5.26 Å². The van der Waals surface area contributed by atoms with Gasteiger partial charge in [-0.25, -0.2) is 4.79 Å². The number of nitrogens with zero attached hydrogens (tertiary/aromatic N) is 1. The fraction of sp³-hybridized carbons (Fsp3) is 0.143. The minimum atomic E-state index is -0.493. The molecule has 18 heavy (non-hydrogen) atoms. The predicted octanol–water partition coefficient (Wildman–Crippen LogP) is 2.82. The van der Waals surface area contributed by atoms with E-state index in [1.165, 1.54) is 0 Å². The van der Waals surface area contributed by atoms with Gasteiger partial charge >= 0.3 is 5.97 Å². The molecule has 0 unspecified atom stereocenters. The molecular weight excluding hydrogens is 230 g/mol. The van der Waals surface area contributed by atoms with Crippen LogP contribution in [0.3, 0.4) is 0 Å². The summed E-state index contributed by atoms with van der Waals surface area (Å²) in [5, 5.41) is 8.65. The average Bonchev–Trinajstić information content (AvgIpc) is 2.83. The van der Waals surface area contributed by atoms with E-state index in [4.69, 9.17) is 14.4 Å². The van der Waals surface area contributed by atoms with Crippen molar-refractivity contribution in [2.24, 2.45) is 0 Å². The van der Waals surface area contributed by atoms with Crippen LogP contribution in [0.5, 0.6) is 0 Å². The third kappa shape index (κ3) is 2.77. The highest BCUT2D eigenvalue weighted by Crippen LogP contribution is 2.10. The Kier molecular flexibility index (Phi) is 3.44. The molecule has 90 valence electrons. The van der Waals surface area contributed by atoms with Crippen LogP contribution in [0.4, 0.5) is 0 Å². The molecule has 1 aromatic heterocycles. The Bertz CT molecular complexity index is 590. The van der Waals surface area contributed by atoms with Gasteiger partial charge < -0.3 is 9.15 Å². The number of ether oxygens (including phenoxy) is 1. The second-order valence-electron chi connectivity index (χ2n) is 3.80. The van der Waals surface area contributed by atoms with Gasteiger partial charge in [-0.2, -0.15) is 5.26 Å². The first kappa shape index (κ1) is 11.9. The van der Waals surface area contributed by atoms with Crippen LogP contribution in [0, 0.1) is 18.3 Å². The maximum absolute atomic E-state index is 11.6. The zero-order chi connectivity index (χ0) is 13.0. The number of benzene rings is 1. The van der Waals surface area contributed by atoms with Crippen LogP contribution >= 0.6 is 0 Å². The number of carbonyl (C=O) groups is 1. The molecule has 0 amide bonds. The van der Waals surface area contributed by atoms with Crippen LogP contribution in [-0.2, 0) is 11.3 Å². The summed E-state index contributed by atoms with van der Waals surface area (Å²) in [7, 11) is 0. The monoisotopic (exact) mass is 241 g/mol. The fourth-order valence-corrected chi connectivity index (χ4v) is 1.44. The molecule has 2 aromatic rings. The van der Waals surface area contributed by atoms with Crippen molar-refractivity contribution in [3.05, 3.63) is 59.0 Å². The van der Waals surface area contributed by atoms with Gasteiger partial charge in [0.2, 0.25) is 5.76 Å². The van der Waals surface area contributed by atoms with Gasteiger partial charge in [-0.3, -0.25) is 0 Å². The SMILES string of the molecule is Cc1ccc(C(=O)OCc2ccc(C#N)cc2)o1. The topological polar surface area (TPSA) is 63.2 Å². The molecular formula is C14H11NO3. The molecule has 0 fully saturated rings. The van der Waals surface area contributed by atoms with Crippen LogP contribution in [0.2, 0.25) is 0 Å². The molecule has 1 aromatic carbocycles.